The highest BCUT2D eigenvalue weighted by atomic mass is 16.4. The number of azide groups is 1. The molecule has 0 spiro atoms. The second kappa shape index (κ2) is 3.92. The molecule has 1 N–H and O–H groups in total. The molecule has 2 aromatic carbocycles. The molecule has 5 heteroatoms. The van der Waals surface area contributed by atoms with E-state index < -0.39 is 5.97 Å². The number of rotatable bonds is 2. The maximum atomic E-state index is 11.0. The maximum Gasteiger partial charge on any atom is 0.336 e. The number of nitrogens with zero attached hydrogens (tertiary/aromatic N) is 3. The summed E-state index contributed by atoms with van der Waals surface area (Å²) in [5.74, 6) is -1.04. The van der Waals surface area contributed by atoms with Crippen LogP contribution < -0.4 is 0 Å². The van der Waals surface area contributed by atoms with Crippen LogP contribution in [0.4, 0.5) is 5.69 Å². The van der Waals surface area contributed by atoms with Gasteiger partial charge in [-0.2, -0.15) is 0 Å². The number of aromatic carboxylic acids is 1. The Hall–Kier alpha value is -2.52. The molecule has 0 atom stereocenters. The molecule has 2 aromatic rings. The summed E-state index contributed by atoms with van der Waals surface area (Å²) in [4.78, 5) is 13.7. The summed E-state index contributed by atoms with van der Waals surface area (Å²) in [7, 11) is 0. The number of carboxylic acid groups (broad SMARTS) is 1. The van der Waals surface area contributed by atoms with Crippen LogP contribution in [0.2, 0.25) is 0 Å². The van der Waals surface area contributed by atoms with Crippen LogP contribution in [0.15, 0.2) is 41.5 Å². The van der Waals surface area contributed by atoms with Crippen molar-refractivity contribution in [3.8, 4) is 0 Å². The molecule has 0 aliphatic rings. The minimum Gasteiger partial charge on any atom is -0.478 e. The molecule has 0 aliphatic heterocycles. The molecule has 0 radical (unpaired) electrons. The van der Waals surface area contributed by atoms with Crippen molar-refractivity contribution in [2.24, 2.45) is 5.11 Å². The fourth-order valence-corrected chi connectivity index (χ4v) is 1.63. The van der Waals surface area contributed by atoms with Gasteiger partial charge in [-0.1, -0.05) is 35.4 Å². The van der Waals surface area contributed by atoms with Crippen molar-refractivity contribution in [1.29, 1.82) is 0 Å². The summed E-state index contributed by atoms with van der Waals surface area (Å²) in [5.41, 5.74) is 8.89. The largest absolute Gasteiger partial charge is 0.478 e. The zero-order chi connectivity index (χ0) is 11.5. The zero-order valence-electron chi connectivity index (χ0n) is 8.16. The van der Waals surface area contributed by atoms with Crippen molar-refractivity contribution in [1.82, 2.24) is 0 Å². The van der Waals surface area contributed by atoms with Gasteiger partial charge in [-0.05, 0) is 17.0 Å². The smallest absolute Gasteiger partial charge is 0.336 e. The Balaban J connectivity index is 2.92. The summed E-state index contributed by atoms with van der Waals surface area (Å²) >= 11 is 0. The number of carboxylic acids is 1. The van der Waals surface area contributed by atoms with Crippen LogP contribution in [0, 0.1) is 0 Å². The number of carbonyl (C=O) groups is 1. The van der Waals surface area contributed by atoms with E-state index in [2.05, 4.69) is 10.0 Å². The zero-order valence-corrected chi connectivity index (χ0v) is 8.16. The van der Waals surface area contributed by atoms with Crippen molar-refractivity contribution in [3.63, 3.8) is 0 Å². The Morgan fingerprint density at radius 1 is 1.25 bits per heavy atom. The number of hydrogen-bond acceptors (Lipinski definition) is 2. The summed E-state index contributed by atoms with van der Waals surface area (Å²) in [6.07, 6.45) is 0. The van der Waals surface area contributed by atoms with Crippen LogP contribution in [0.1, 0.15) is 10.4 Å². The highest BCUT2D eigenvalue weighted by molar-refractivity contribution is 6.08. The van der Waals surface area contributed by atoms with Gasteiger partial charge in [0.25, 0.3) is 0 Å². The average Bonchev–Trinajstić information content (AvgIpc) is 2.29. The highest BCUT2D eigenvalue weighted by Gasteiger charge is 2.10. The van der Waals surface area contributed by atoms with Crippen molar-refractivity contribution in [3.05, 3.63) is 52.4 Å². The normalized spacial score (nSPS) is 9.75. The van der Waals surface area contributed by atoms with Crippen molar-refractivity contribution in [2.45, 2.75) is 0 Å². The lowest BCUT2D eigenvalue weighted by Gasteiger charge is -2.04. The molecule has 0 fully saturated rings. The summed E-state index contributed by atoms with van der Waals surface area (Å²) < 4.78 is 0. The second-order valence-electron chi connectivity index (χ2n) is 3.18. The molecule has 78 valence electrons. The van der Waals surface area contributed by atoms with Gasteiger partial charge in [-0.15, -0.1) is 0 Å². The van der Waals surface area contributed by atoms with Crippen LogP contribution in [-0.4, -0.2) is 11.1 Å². The second-order valence-corrected chi connectivity index (χ2v) is 3.18. The van der Waals surface area contributed by atoms with Crippen LogP contribution in [-0.2, 0) is 0 Å². The van der Waals surface area contributed by atoms with E-state index >= 15 is 0 Å². The molecule has 0 saturated heterocycles. The van der Waals surface area contributed by atoms with Gasteiger partial charge in [-0.3, -0.25) is 0 Å². The molecular formula is C11H7N3O2. The Morgan fingerprint density at radius 2 is 1.94 bits per heavy atom. The summed E-state index contributed by atoms with van der Waals surface area (Å²) in [5, 5.41) is 13.7. The quantitative estimate of drug-likeness (QED) is 0.470. The molecule has 5 nitrogen and oxygen atoms in total. The van der Waals surface area contributed by atoms with Gasteiger partial charge in [0, 0.05) is 16.0 Å². The van der Waals surface area contributed by atoms with Crippen LogP contribution >= 0.6 is 0 Å². The summed E-state index contributed by atoms with van der Waals surface area (Å²) in [6.45, 7) is 0. The first-order valence-corrected chi connectivity index (χ1v) is 4.54. The van der Waals surface area contributed by atoms with Gasteiger partial charge in [0.2, 0.25) is 0 Å². The molecule has 0 amide bonds. The highest BCUT2D eigenvalue weighted by Crippen LogP contribution is 2.29. The van der Waals surface area contributed by atoms with Gasteiger partial charge in [0.15, 0.2) is 0 Å². The summed E-state index contributed by atoms with van der Waals surface area (Å²) in [6, 6.07) is 10.0. The van der Waals surface area contributed by atoms with E-state index in [1.807, 2.05) is 0 Å². The Kier molecular flexibility index (Phi) is 2.45. The fraction of sp³-hybridized carbons (Fsp3) is 0. The fourth-order valence-electron chi connectivity index (χ4n) is 1.63. The number of hydrogen-bond donors (Lipinski definition) is 1. The van der Waals surface area contributed by atoms with Gasteiger partial charge < -0.3 is 5.11 Å². The van der Waals surface area contributed by atoms with E-state index in [-0.39, 0.29) is 5.56 Å². The average molecular weight is 213 g/mol. The lowest BCUT2D eigenvalue weighted by molar-refractivity contribution is 0.0699. The van der Waals surface area contributed by atoms with E-state index in [0.717, 1.165) is 5.39 Å². The van der Waals surface area contributed by atoms with E-state index in [9.17, 15) is 4.79 Å². The van der Waals surface area contributed by atoms with E-state index in [4.69, 9.17) is 10.6 Å². The molecule has 0 heterocycles. The molecule has 0 aliphatic carbocycles. The third-order valence-corrected chi connectivity index (χ3v) is 2.27. The van der Waals surface area contributed by atoms with E-state index in [1.165, 1.54) is 6.07 Å². The van der Waals surface area contributed by atoms with Crippen LogP contribution in [0.5, 0.6) is 0 Å². The molecule has 16 heavy (non-hydrogen) atoms. The topological polar surface area (TPSA) is 86.1 Å². The number of benzene rings is 2. The van der Waals surface area contributed by atoms with Crippen LogP contribution in [0.3, 0.4) is 0 Å². The first kappa shape index (κ1) is 10.0. The SMILES string of the molecule is [N-]=[N+]=Nc1cccc2cccc(C(=O)O)c12. The number of fused-ring (bicyclic) bond motifs is 1. The van der Waals surface area contributed by atoms with E-state index in [1.54, 1.807) is 30.3 Å². The maximum absolute atomic E-state index is 11.0. The monoisotopic (exact) mass is 213 g/mol. The molecule has 0 unspecified atom stereocenters. The van der Waals surface area contributed by atoms with E-state index in [0.29, 0.717) is 11.1 Å². The Morgan fingerprint density at radius 3 is 2.56 bits per heavy atom. The van der Waals surface area contributed by atoms with Gasteiger partial charge in [0.1, 0.15) is 0 Å². The molecular weight excluding hydrogens is 206 g/mol. The lowest BCUT2D eigenvalue weighted by atomic mass is 10.0. The van der Waals surface area contributed by atoms with Crippen LogP contribution in [0.25, 0.3) is 21.2 Å². The van der Waals surface area contributed by atoms with Gasteiger partial charge >= 0.3 is 5.97 Å². The minimum atomic E-state index is -1.04. The predicted octanol–water partition coefficient (Wildman–Crippen LogP) is 3.48. The standard InChI is InChI=1S/C11H7N3O2/c12-14-13-9-6-2-4-7-3-1-5-8(10(7)9)11(15)16/h1-6H,(H,15,16). The molecule has 0 aromatic heterocycles. The van der Waals surface area contributed by atoms with Gasteiger partial charge in [0.05, 0.1) is 5.56 Å². The minimum absolute atomic E-state index is 0.139. The Labute approximate surface area is 90.6 Å². The Bertz CT molecular complexity index is 579. The van der Waals surface area contributed by atoms with Crippen molar-refractivity contribution in [2.75, 3.05) is 0 Å². The van der Waals surface area contributed by atoms with Crippen molar-refractivity contribution >= 4 is 22.4 Å². The lowest BCUT2D eigenvalue weighted by Crippen LogP contribution is -1.96. The van der Waals surface area contributed by atoms with Crippen molar-refractivity contribution < 1.29 is 9.90 Å². The molecule has 0 bridgehead atoms. The first-order chi connectivity index (χ1) is 7.74. The first-order valence-electron chi connectivity index (χ1n) is 4.54. The molecule has 0 saturated carbocycles. The predicted molar refractivity (Wildman–Crippen MR) is 59.7 cm³/mol. The third-order valence-electron chi connectivity index (χ3n) is 2.27. The van der Waals surface area contributed by atoms with Gasteiger partial charge in [-0.25, -0.2) is 4.79 Å². The third kappa shape index (κ3) is 1.55. The molecule has 2 rings (SSSR count).